The maximum atomic E-state index is 12.6. The van der Waals surface area contributed by atoms with Crippen molar-refractivity contribution in [1.82, 2.24) is 20.3 Å². The Kier molecular flexibility index (Phi) is 4.01. The molecule has 1 aromatic rings. The molecule has 1 aliphatic carbocycles. The lowest BCUT2D eigenvalue weighted by molar-refractivity contribution is -0.221. The lowest BCUT2D eigenvalue weighted by Gasteiger charge is -2.59. The number of esters is 1. The maximum absolute atomic E-state index is 12.6. The van der Waals surface area contributed by atoms with Crippen molar-refractivity contribution in [3.8, 4) is 0 Å². The lowest BCUT2D eigenvalue weighted by Crippen LogP contribution is -2.77. The largest absolute Gasteiger partial charge is 0.490 e. The van der Waals surface area contributed by atoms with Crippen LogP contribution < -0.4 is 5.32 Å². The Hall–Kier alpha value is -1.85. The van der Waals surface area contributed by atoms with Gasteiger partial charge < -0.3 is 10.1 Å². The molecular formula is C13H14F6N4O2. The van der Waals surface area contributed by atoms with Crippen LogP contribution in [0.25, 0.3) is 0 Å². The van der Waals surface area contributed by atoms with E-state index in [1.807, 2.05) is 0 Å². The van der Waals surface area contributed by atoms with E-state index in [-0.39, 0.29) is 18.5 Å². The second-order valence-electron chi connectivity index (χ2n) is 6.50. The summed E-state index contributed by atoms with van der Waals surface area (Å²) in [4.78, 5) is 12.0. The molecule has 2 aliphatic heterocycles. The zero-order valence-electron chi connectivity index (χ0n) is 12.9. The number of alkyl halides is 6. The van der Waals surface area contributed by atoms with E-state index in [9.17, 15) is 31.1 Å². The molecule has 3 heterocycles. The minimum atomic E-state index is -5.14. The summed E-state index contributed by atoms with van der Waals surface area (Å²) in [7, 11) is 0. The third kappa shape index (κ3) is 3.31. The molecule has 4 atom stereocenters. The van der Waals surface area contributed by atoms with Crippen LogP contribution in [-0.2, 0) is 22.3 Å². The Balaban J connectivity index is 1.80. The van der Waals surface area contributed by atoms with Crippen LogP contribution in [0.5, 0.6) is 0 Å². The molecule has 1 N–H and O–H groups in total. The van der Waals surface area contributed by atoms with E-state index in [0.29, 0.717) is 19.0 Å². The summed E-state index contributed by atoms with van der Waals surface area (Å²) in [6.07, 6.45) is -9.57. The topological polar surface area (TPSA) is 69.0 Å². The number of carbonyl (C=O) groups excluding carboxylic acids is 1. The molecule has 4 rings (SSSR count). The maximum Gasteiger partial charge on any atom is 0.490 e. The molecule has 12 heteroatoms. The molecule has 0 radical (unpaired) electrons. The van der Waals surface area contributed by atoms with Gasteiger partial charge in [-0.25, -0.2) is 4.79 Å². The highest BCUT2D eigenvalue weighted by Crippen LogP contribution is 2.44. The molecule has 0 amide bonds. The Labute approximate surface area is 137 Å². The van der Waals surface area contributed by atoms with E-state index in [0.717, 1.165) is 4.80 Å². The Morgan fingerprint density at radius 2 is 2.04 bits per heavy atom. The predicted molar refractivity (Wildman–Crippen MR) is 69.0 cm³/mol. The van der Waals surface area contributed by atoms with Gasteiger partial charge in [0.1, 0.15) is 6.10 Å². The number of piperidine rings is 1. The number of carbonyl (C=O) groups is 1. The number of rotatable bonds is 3. The summed E-state index contributed by atoms with van der Waals surface area (Å²) in [6, 6.07) is 0.00786. The summed E-state index contributed by atoms with van der Waals surface area (Å²) in [5.41, 5.74) is -2.32. The first-order valence-electron chi connectivity index (χ1n) is 7.43. The zero-order chi connectivity index (χ0) is 18.6. The minimum Gasteiger partial charge on any atom is -0.453 e. The highest BCUT2D eigenvalue weighted by molar-refractivity contribution is 5.76. The van der Waals surface area contributed by atoms with E-state index in [4.69, 9.17) is 0 Å². The Morgan fingerprint density at radius 3 is 2.56 bits per heavy atom. The molecule has 0 spiro atoms. The van der Waals surface area contributed by atoms with Gasteiger partial charge in [-0.15, -0.1) is 5.10 Å². The number of nitrogens with one attached hydrogen (secondary N) is 1. The van der Waals surface area contributed by atoms with Gasteiger partial charge in [0, 0.05) is 6.04 Å². The lowest BCUT2D eigenvalue weighted by atomic mass is 9.64. The average Bonchev–Trinajstić information content (AvgIpc) is 2.87. The van der Waals surface area contributed by atoms with Crippen molar-refractivity contribution in [1.29, 1.82) is 0 Å². The summed E-state index contributed by atoms with van der Waals surface area (Å²) >= 11 is 0. The number of fused-ring (bicyclic) bond motifs is 2. The first kappa shape index (κ1) is 18.0. The Bertz CT molecular complexity index is 664. The van der Waals surface area contributed by atoms with Crippen molar-refractivity contribution < 1.29 is 35.9 Å². The number of aromatic nitrogens is 3. The van der Waals surface area contributed by atoms with Crippen molar-refractivity contribution in [3.63, 3.8) is 0 Å². The van der Waals surface area contributed by atoms with Gasteiger partial charge in [0.05, 0.1) is 18.3 Å². The zero-order valence-corrected chi connectivity index (χ0v) is 12.9. The molecule has 1 aromatic heterocycles. The highest BCUT2D eigenvalue weighted by atomic mass is 19.4. The third-order valence-electron chi connectivity index (χ3n) is 4.54. The van der Waals surface area contributed by atoms with Crippen molar-refractivity contribution in [2.24, 2.45) is 5.92 Å². The number of hydrogen-bond donors (Lipinski definition) is 1. The van der Waals surface area contributed by atoms with Crippen LogP contribution in [-0.4, -0.2) is 44.8 Å². The quantitative estimate of drug-likeness (QED) is 0.649. The van der Waals surface area contributed by atoms with E-state index in [1.54, 1.807) is 6.92 Å². The normalized spacial score (nSPS) is 32.2. The molecule has 3 aliphatic rings. The van der Waals surface area contributed by atoms with Gasteiger partial charge in [-0.3, -0.25) is 0 Å². The predicted octanol–water partition coefficient (Wildman–Crippen LogP) is 1.91. The van der Waals surface area contributed by atoms with E-state index in [1.165, 1.54) is 0 Å². The monoisotopic (exact) mass is 372 g/mol. The van der Waals surface area contributed by atoms with Crippen molar-refractivity contribution in [2.45, 2.75) is 56.3 Å². The Morgan fingerprint density at radius 1 is 1.40 bits per heavy atom. The van der Waals surface area contributed by atoms with Crippen molar-refractivity contribution >= 4 is 5.97 Å². The molecule has 0 aromatic carbocycles. The van der Waals surface area contributed by atoms with Crippen LogP contribution in [0.4, 0.5) is 26.3 Å². The van der Waals surface area contributed by atoms with Gasteiger partial charge >= 0.3 is 18.3 Å². The molecule has 3 fully saturated rings. The highest BCUT2D eigenvalue weighted by Gasteiger charge is 2.59. The second kappa shape index (κ2) is 5.58. The van der Waals surface area contributed by atoms with Gasteiger partial charge in [-0.1, -0.05) is 6.92 Å². The van der Waals surface area contributed by atoms with Crippen LogP contribution in [0.2, 0.25) is 0 Å². The summed E-state index contributed by atoms with van der Waals surface area (Å²) < 4.78 is 80.0. The van der Waals surface area contributed by atoms with Gasteiger partial charge in [-0.2, -0.15) is 36.2 Å². The SMILES string of the molecule is CC1CC2CC(Cn3ncc(C(F)(F)F)n3)(N2)C1OC(=O)C(F)(F)F. The van der Waals surface area contributed by atoms with Crippen molar-refractivity contribution in [3.05, 3.63) is 11.9 Å². The standard InChI is InChI=1S/C13H14F6N4O2/c1-6-2-7-3-11(21-7,9(6)25-10(24)13(17,18)19)5-23-20-4-8(22-23)12(14,15)16/h4,6-7,9,21H,2-3,5H2,1H3. The van der Waals surface area contributed by atoms with Crippen LogP contribution >= 0.6 is 0 Å². The first-order valence-corrected chi connectivity index (χ1v) is 7.43. The molecule has 2 bridgehead atoms. The molecule has 4 unspecified atom stereocenters. The fourth-order valence-corrected chi connectivity index (χ4v) is 3.65. The minimum absolute atomic E-state index is 0.00786. The molecule has 140 valence electrons. The molecule has 6 nitrogen and oxygen atoms in total. The summed E-state index contributed by atoms with van der Waals surface area (Å²) in [5.74, 6) is -2.70. The molecule has 2 saturated heterocycles. The summed E-state index contributed by atoms with van der Waals surface area (Å²) in [5, 5.41) is 9.83. The second-order valence-corrected chi connectivity index (χ2v) is 6.50. The number of hydrogen-bond acceptors (Lipinski definition) is 5. The van der Waals surface area contributed by atoms with Crippen molar-refractivity contribution in [2.75, 3.05) is 0 Å². The van der Waals surface area contributed by atoms with Crippen LogP contribution in [0.3, 0.4) is 0 Å². The fourth-order valence-electron chi connectivity index (χ4n) is 3.65. The summed E-state index contributed by atoms with van der Waals surface area (Å²) in [6.45, 7) is 1.40. The van der Waals surface area contributed by atoms with Crippen LogP contribution in [0.1, 0.15) is 25.5 Å². The molecule has 25 heavy (non-hydrogen) atoms. The third-order valence-corrected chi connectivity index (χ3v) is 4.54. The molecule has 1 saturated carbocycles. The van der Waals surface area contributed by atoms with Crippen LogP contribution in [0, 0.1) is 5.92 Å². The smallest absolute Gasteiger partial charge is 0.453 e. The van der Waals surface area contributed by atoms with E-state index in [2.05, 4.69) is 20.3 Å². The first-order chi connectivity index (χ1) is 11.4. The fraction of sp³-hybridized carbons (Fsp3) is 0.769. The van der Waals surface area contributed by atoms with Gasteiger partial charge in [-0.05, 0) is 18.8 Å². The van der Waals surface area contributed by atoms with Crippen LogP contribution in [0.15, 0.2) is 6.20 Å². The van der Waals surface area contributed by atoms with E-state index >= 15 is 0 Å². The van der Waals surface area contributed by atoms with Gasteiger partial charge in [0.2, 0.25) is 0 Å². The number of nitrogens with zero attached hydrogens (tertiary/aromatic N) is 3. The molecular weight excluding hydrogens is 358 g/mol. The number of ether oxygens (including phenoxy) is 1. The average molecular weight is 372 g/mol. The van der Waals surface area contributed by atoms with Gasteiger partial charge in [0.15, 0.2) is 5.69 Å². The van der Waals surface area contributed by atoms with Gasteiger partial charge in [0.25, 0.3) is 0 Å². The number of halogens is 6. The van der Waals surface area contributed by atoms with E-state index < -0.39 is 35.7 Å².